The molecule has 1 fully saturated rings. The van der Waals surface area contributed by atoms with E-state index in [-0.39, 0.29) is 77.8 Å². The van der Waals surface area contributed by atoms with Crippen molar-refractivity contribution in [2.75, 3.05) is 13.2 Å². The SMILES string of the molecule is C1CCOC1.C=C[B-](F)(F)F.C=Cc1cnc(C(C)(F)F)nc1.CC(=O)O.CC(=O)O.CC(F)(F)c1ncc(Br)cn1.[K+].[Pd]. The zero-order valence-electron chi connectivity index (χ0n) is 24.5. The van der Waals surface area contributed by atoms with Crippen LogP contribution in [0.1, 0.15) is 57.7 Å². The maximum absolute atomic E-state index is 12.5. The second-order valence-corrected chi connectivity index (χ2v) is 8.68. The molecule has 2 N–H and O–H groups in total. The molecule has 0 unspecified atom stereocenters. The van der Waals surface area contributed by atoms with Gasteiger partial charge in [-0.25, -0.2) is 19.9 Å². The van der Waals surface area contributed by atoms with Crippen LogP contribution in [0, 0.1) is 0 Å². The van der Waals surface area contributed by atoms with Gasteiger partial charge in [0.1, 0.15) is 0 Å². The number of carboxylic acid groups (broad SMARTS) is 2. The number of ether oxygens (including phenoxy) is 1. The first kappa shape index (κ1) is 52.4. The van der Waals surface area contributed by atoms with Crippen molar-refractivity contribution >= 4 is 40.9 Å². The fourth-order valence-electron chi connectivity index (χ4n) is 1.72. The normalized spacial score (nSPS) is 11.4. The topological polar surface area (TPSA) is 135 Å². The van der Waals surface area contributed by atoms with Gasteiger partial charge in [0.05, 0.1) is 4.47 Å². The van der Waals surface area contributed by atoms with Crippen LogP contribution in [0.3, 0.4) is 0 Å². The Morgan fingerprint density at radius 1 is 0.864 bits per heavy atom. The van der Waals surface area contributed by atoms with Gasteiger partial charge in [-0.3, -0.25) is 9.59 Å². The van der Waals surface area contributed by atoms with Gasteiger partial charge < -0.3 is 27.9 Å². The van der Waals surface area contributed by atoms with Crippen molar-refractivity contribution in [3.63, 3.8) is 0 Å². The molecule has 0 spiro atoms. The van der Waals surface area contributed by atoms with E-state index in [1.54, 1.807) is 0 Å². The Bertz CT molecular complexity index is 1030. The van der Waals surface area contributed by atoms with E-state index in [1.807, 2.05) is 0 Å². The number of rotatable bonds is 4. The Labute approximate surface area is 315 Å². The summed E-state index contributed by atoms with van der Waals surface area (Å²) < 4.78 is 87.7. The van der Waals surface area contributed by atoms with E-state index in [4.69, 9.17) is 24.5 Å². The molecule has 20 heteroatoms. The van der Waals surface area contributed by atoms with Crippen LogP contribution in [-0.4, -0.2) is 62.3 Å². The van der Waals surface area contributed by atoms with Crippen molar-refractivity contribution in [2.24, 2.45) is 0 Å². The first-order valence-corrected chi connectivity index (χ1v) is 12.3. The fourth-order valence-corrected chi connectivity index (χ4v) is 1.92. The number of carbonyl (C=O) groups is 2. The van der Waals surface area contributed by atoms with Gasteiger partial charge in [0.2, 0.25) is 0 Å². The number of aliphatic carboxylic acids is 2. The number of hydrogen-bond donors (Lipinski definition) is 2. The molecule has 0 aromatic carbocycles. The van der Waals surface area contributed by atoms with E-state index in [1.165, 1.54) is 43.7 Å². The molecule has 44 heavy (non-hydrogen) atoms. The van der Waals surface area contributed by atoms with Crippen molar-refractivity contribution in [3.8, 4) is 0 Å². The minimum atomic E-state index is -4.72. The first-order valence-electron chi connectivity index (χ1n) is 11.6. The van der Waals surface area contributed by atoms with Crippen molar-refractivity contribution < 1.29 is 127 Å². The summed E-state index contributed by atoms with van der Waals surface area (Å²) in [5, 5.41) is 14.8. The molecule has 1 aliphatic rings. The average Bonchev–Trinajstić information content (AvgIpc) is 3.43. The monoisotopic (exact) mass is 824 g/mol. The summed E-state index contributed by atoms with van der Waals surface area (Å²) in [4.78, 5) is 31.9. The van der Waals surface area contributed by atoms with Crippen LogP contribution in [0.5, 0.6) is 0 Å². The third kappa shape index (κ3) is 38.9. The Balaban J connectivity index is -0.000000145. The van der Waals surface area contributed by atoms with Crippen LogP contribution in [0.25, 0.3) is 6.08 Å². The third-order valence-electron chi connectivity index (χ3n) is 3.41. The molecular formula is C24H32BBrF7KN4O5Pd. The standard InChI is InChI=1S/C8H8F2N2.C6H5BrF2N2.C4H8O.C2H3BF3.2C2H4O2.K.Pd/c1-3-6-4-11-7(12-5-6)8(2,9)10;1-6(8,9)5-10-2-4(7)3-11-5;1-2-4-5-3-1;1-2-3(4,5)6;2*1-2(3)4;;/h3-5H,1H2,2H3;2-3H,1H3;1-4H2;2H,1H2;2*1H3,(H,3,4);;/q;;;-1;;;+1;. The van der Waals surface area contributed by atoms with E-state index in [0.717, 1.165) is 40.9 Å². The first-order chi connectivity index (χ1) is 19.1. The molecule has 0 atom stereocenters. The van der Waals surface area contributed by atoms with E-state index in [0.29, 0.717) is 10.0 Å². The van der Waals surface area contributed by atoms with Crippen molar-refractivity contribution in [2.45, 2.75) is 52.4 Å². The van der Waals surface area contributed by atoms with Crippen LogP contribution >= 0.6 is 15.9 Å². The number of halogens is 8. The van der Waals surface area contributed by atoms with Gasteiger partial charge in [-0.15, -0.1) is 6.58 Å². The number of carboxylic acids is 2. The fraction of sp³-hybridized carbons (Fsp3) is 0.417. The number of nitrogens with zero attached hydrogens (tertiary/aromatic N) is 4. The van der Waals surface area contributed by atoms with E-state index in [9.17, 15) is 30.5 Å². The summed E-state index contributed by atoms with van der Waals surface area (Å²) in [5.41, 5.74) is 0.628. The summed E-state index contributed by atoms with van der Waals surface area (Å²) in [6, 6.07) is 0. The van der Waals surface area contributed by atoms with Gasteiger partial charge in [0.25, 0.3) is 11.9 Å². The van der Waals surface area contributed by atoms with E-state index < -0.39 is 42.4 Å². The van der Waals surface area contributed by atoms with Gasteiger partial charge in [-0.1, -0.05) is 12.7 Å². The van der Waals surface area contributed by atoms with E-state index in [2.05, 4.69) is 49.0 Å². The molecule has 9 nitrogen and oxygen atoms in total. The van der Waals surface area contributed by atoms with Gasteiger partial charge in [0, 0.05) is 91.7 Å². The van der Waals surface area contributed by atoms with Gasteiger partial charge >= 0.3 is 70.2 Å². The van der Waals surface area contributed by atoms with Gasteiger partial charge in [0.15, 0.2) is 11.6 Å². The van der Waals surface area contributed by atoms with Crippen molar-refractivity contribution in [1.29, 1.82) is 0 Å². The zero-order valence-corrected chi connectivity index (χ0v) is 30.8. The predicted molar refractivity (Wildman–Crippen MR) is 147 cm³/mol. The molecule has 0 aliphatic carbocycles. The number of aromatic nitrogens is 4. The average molecular weight is 826 g/mol. The molecular weight excluding hydrogens is 794 g/mol. The molecule has 0 radical (unpaired) electrons. The number of hydrogen-bond acceptors (Lipinski definition) is 7. The van der Waals surface area contributed by atoms with Gasteiger partial charge in [-0.05, 0) is 28.8 Å². The molecule has 0 saturated carbocycles. The Hall–Kier alpha value is -1.11. The molecule has 248 valence electrons. The molecule has 0 amide bonds. The quantitative estimate of drug-likeness (QED) is 0.345. The maximum Gasteiger partial charge on any atom is 1.00 e. The minimum absolute atomic E-state index is 0. The van der Waals surface area contributed by atoms with Crippen molar-refractivity contribution in [3.05, 3.63) is 65.6 Å². The third-order valence-corrected chi connectivity index (χ3v) is 3.82. The van der Waals surface area contributed by atoms with Crippen molar-refractivity contribution in [1.82, 2.24) is 19.9 Å². The molecule has 1 saturated heterocycles. The second kappa shape index (κ2) is 28.1. The molecule has 3 rings (SSSR count). The smallest absolute Gasteiger partial charge is 0.481 e. The maximum atomic E-state index is 12.5. The largest absolute Gasteiger partial charge is 1.00 e. The Morgan fingerprint density at radius 2 is 1.14 bits per heavy atom. The Morgan fingerprint density at radius 3 is 1.32 bits per heavy atom. The summed E-state index contributed by atoms with van der Waals surface area (Å²) in [6.07, 6.45) is 9.26. The van der Waals surface area contributed by atoms with E-state index >= 15 is 0 Å². The van der Waals surface area contributed by atoms with Crippen LogP contribution in [0.15, 0.2) is 48.4 Å². The van der Waals surface area contributed by atoms with Crippen LogP contribution in [0.4, 0.5) is 30.5 Å². The molecule has 3 heterocycles. The minimum Gasteiger partial charge on any atom is -0.481 e. The molecule has 2 aromatic heterocycles. The molecule has 1 aliphatic heterocycles. The summed E-state index contributed by atoms with van der Waals surface area (Å²) >= 11 is 3.04. The zero-order chi connectivity index (χ0) is 33.6. The summed E-state index contributed by atoms with van der Waals surface area (Å²) in [5.74, 6) is -8.52. The van der Waals surface area contributed by atoms with Crippen LogP contribution < -0.4 is 51.4 Å². The summed E-state index contributed by atoms with van der Waals surface area (Å²) in [7, 11) is 0. The predicted octanol–water partition coefficient (Wildman–Crippen LogP) is 4.12. The summed E-state index contributed by atoms with van der Waals surface area (Å²) in [6.45, 7) is 6.95. The van der Waals surface area contributed by atoms with Crippen LogP contribution in [-0.2, 0) is 46.6 Å². The number of alkyl halides is 4. The molecule has 2 aromatic rings. The molecule has 0 bridgehead atoms. The van der Waals surface area contributed by atoms with Crippen LogP contribution in [0.2, 0.25) is 0 Å². The second-order valence-electron chi connectivity index (χ2n) is 7.76. The van der Waals surface area contributed by atoms with Gasteiger partial charge in [-0.2, -0.15) is 23.5 Å². The Kier molecular flexibility index (Phi) is 33.5.